The van der Waals surface area contributed by atoms with Gasteiger partial charge in [0.15, 0.2) is 0 Å². The van der Waals surface area contributed by atoms with Crippen LogP contribution in [0.15, 0.2) is 66.7 Å². The fraction of sp³-hybridized carbons (Fsp3) is 0.200. The fourth-order valence-corrected chi connectivity index (χ4v) is 2.76. The summed E-state index contributed by atoms with van der Waals surface area (Å²) in [6.45, 7) is 0.474. The summed E-state index contributed by atoms with van der Waals surface area (Å²) in [5.74, 6) is -0.335. The van der Waals surface area contributed by atoms with E-state index in [4.69, 9.17) is 0 Å². The molecule has 2 aromatic carbocycles. The Hall–Kier alpha value is -2.68. The second-order valence-corrected chi connectivity index (χ2v) is 5.61. The first-order valence-corrected chi connectivity index (χ1v) is 7.91. The van der Waals surface area contributed by atoms with Gasteiger partial charge in [-0.1, -0.05) is 54.6 Å². The number of unbranched alkanes of at least 4 members (excludes halogenated alkanes) is 1. The Morgan fingerprint density at radius 3 is 2.04 bits per heavy atom. The Labute approximate surface area is 136 Å². The van der Waals surface area contributed by atoms with Crippen molar-refractivity contribution < 1.29 is 9.59 Å². The lowest BCUT2D eigenvalue weighted by atomic mass is 10.1. The van der Waals surface area contributed by atoms with Crippen molar-refractivity contribution >= 4 is 11.8 Å². The number of hydrogen-bond acceptors (Lipinski definition) is 2. The molecule has 1 heterocycles. The van der Waals surface area contributed by atoms with Gasteiger partial charge in [-0.05, 0) is 37.0 Å². The van der Waals surface area contributed by atoms with Gasteiger partial charge in [-0.2, -0.15) is 0 Å². The Bertz CT molecular complexity index is 699. The molecule has 0 unspecified atom stereocenters. The number of allylic oxidation sites excluding steroid dienone is 2. The topological polar surface area (TPSA) is 37.4 Å². The maximum absolute atomic E-state index is 12.2. The predicted molar refractivity (Wildman–Crippen MR) is 90.3 cm³/mol. The highest BCUT2D eigenvalue weighted by atomic mass is 16.2. The molecule has 3 nitrogen and oxygen atoms in total. The molecule has 1 aliphatic heterocycles. The molecular formula is C20H19NO2. The number of carbonyl (C=O) groups excluding carboxylic acids is 2. The Kier molecular flexibility index (Phi) is 4.67. The molecule has 0 aromatic heterocycles. The number of amides is 2. The summed E-state index contributed by atoms with van der Waals surface area (Å²) in [5.41, 5.74) is 2.33. The lowest BCUT2D eigenvalue weighted by molar-refractivity contribution is 0.0653. The third-order valence-electron chi connectivity index (χ3n) is 3.99. The average molecular weight is 305 g/mol. The molecular weight excluding hydrogens is 286 g/mol. The molecule has 0 saturated heterocycles. The molecule has 0 radical (unpaired) electrons. The van der Waals surface area contributed by atoms with Crippen LogP contribution in [0, 0.1) is 0 Å². The summed E-state index contributed by atoms with van der Waals surface area (Å²) in [6, 6.07) is 17.3. The first-order valence-electron chi connectivity index (χ1n) is 7.91. The van der Waals surface area contributed by atoms with Gasteiger partial charge in [-0.25, -0.2) is 0 Å². The third kappa shape index (κ3) is 3.39. The summed E-state index contributed by atoms with van der Waals surface area (Å²) in [4.78, 5) is 25.8. The van der Waals surface area contributed by atoms with Gasteiger partial charge in [-0.15, -0.1) is 0 Å². The number of rotatable bonds is 6. The van der Waals surface area contributed by atoms with Crippen molar-refractivity contribution in [2.45, 2.75) is 19.3 Å². The van der Waals surface area contributed by atoms with E-state index in [1.807, 2.05) is 18.2 Å². The standard InChI is InChI=1S/C20H19NO2/c22-19-17-13-7-8-14-18(17)20(23)21(19)15-9-2-1-4-10-16-11-5-3-6-12-16/h1,3-8,11-14H,2,9-10,15H2/b4-1+. The molecule has 2 amide bonds. The van der Waals surface area contributed by atoms with E-state index in [0.717, 1.165) is 19.3 Å². The maximum Gasteiger partial charge on any atom is 0.261 e. The summed E-state index contributed by atoms with van der Waals surface area (Å²) in [5, 5.41) is 0. The van der Waals surface area contributed by atoms with E-state index >= 15 is 0 Å². The largest absolute Gasteiger partial charge is 0.274 e. The predicted octanol–water partition coefficient (Wildman–Crippen LogP) is 3.86. The van der Waals surface area contributed by atoms with Crippen molar-refractivity contribution in [2.75, 3.05) is 6.54 Å². The lowest BCUT2D eigenvalue weighted by Gasteiger charge is -2.12. The molecule has 0 N–H and O–H groups in total. The van der Waals surface area contributed by atoms with Gasteiger partial charge in [0.05, 0.1) is 11.1 Å². The van der Waals surface area contributed by atoms with Crippen LogP contribution in [0.5, 0.6) is 0 Å². The van der Waals surface area contributed by atoms with Gasteiger partial charge >= 0.3 is 0 Å². The van der Waals surface area contributed by atoms with E-state index in [2.05, 4.69) is 24.3 Å². The van der Waals surface area contributed by atoms with Crippen molar-refractivity contribution in [1.29, 1.82) is 0 Å². The minimum Gasteiger partial charge on any atom is -0.274 e. The van der Waals surface area contributed by atoms with Crippen LogP contribution in [-0.4, -0.2) is 23.3 Å². The van der Waals surface area contributed by atoms with Crippen molar-refractivity contribution in [2.24, 2.45) is 0 Å². The second kappa shape index (κ2) is 7.05. The quantitative estimate of drug-likeness (QED) is 0.461. The smallest absolute Gasteiger partial charge is 0.261 e. The van der Waals surface area contributed by atoms with Crippen molar-refractivity contribution in [3.8, 4) is 0 Å². The highest BCUT2D eigenvalue weighted by Gasteiger charge is 2.34. The van der Waals surface area contributed by atoms with E-state index in [-0.39, 0.29) is 11.8 Å². The SMILES string of the molecule is O=C1c2ccccc2C(=O)N1CCC/C=C/Cc1ccccc1. The molecule has 23 heavy (non-hydrogen) atoms. The molecule has 0 spiro atoms. The van der Waals surface area contributed by atoms with Crippen LogP contribution in [0.1, 0.15) is 39.1 Å². The zero-order valence-corrected chi connectivity index (χ0v) is 12.9. The van der Waals surface area contributed by atoms with Gasteiger partial charge in [0, 0.05) is 6.54 Å². The van der Waals surface area contributed by atoms with E-state index in [1.54, 1.807) is 24.3 Å². The minimum absolute atomic E-state index is 0.168. The Balaban J connectivity index is 1.47. The number of fused-ring (bicyclic) bond motifs is 1. The summed E-state index contributed by atoms with van der Waals surface area (Å²) in [7, 11) is 0. The Morgan fingerprint density at radius 1 is 0.783 bits per heavy atom. The highest BCUT2D eigenvalue weighted by Crippen LogP contribution is 2.22. The van der Waals surface area contributed by atoms with Crippen LogP contribution in [0.4, 0.5) is 0 Å². The van der Waals surface area contributed by atoms with Crippen LogP contribution in [0.3, 0.4) is 0 Å². The van der Waals surface area contributed by atoms with E-state index < -0.39 is 0 Å². The monoisotopic (exact) mass is 305 g/mol. The van der Waals surface area contributed by atoms with Crippen molar-refractivity contribution in [1.82, 2.24) is 4.90 Å². The normalized spacial score (nSPS) is 13.8. The number of hydrogen-bond donors (Lipinski definition) is 0. The molecule has 0 atom stereocenters. The second-order valence-electron chi connectivity index (χ2n) is 5.61. The molecule has 0 aliphatic carbocycles. The maximum atomic E-state index is 12.2. The van der Waals surface area contributed by atoms with Crippen LogP contribution in [0.25, 0.3) is 0 Å². The van der Waals surface area contributed by atoms with Crippen LogP contribution >= 0.6 is 0 Å². The minimum atomic E-state index is -0.168. The first-order chi connectivity index (χ1) is 11.3. The van der Waals surface area contributed by atoms with Gasteiger partial charge in [0.2, 0.25) is 0 Å². The molecule has 0 bridgehead atoms. The van der Waals surface area contributed by atoms with Crippen molar-refractivity contribution in [3.05, 3.63) is 83.4 Å². The summed E-state index contributed by atoms with van der Waals surface area (Å²) >= 11 is 0. The molecule has 3 heteroatoms. The van der Waals surface area contributed by atoms with Crippen LogP contribution in [-0.2, 0) is 6.42 Å². The number of nitrogens with zero attached hydrogens (tertiary/aromatic N) is 1. The van der Waals surface area contributed by atoms with E-state index in [9.17, 15) is 9.59 Å². The summed E-state index contributed by atoms with van der Waals surface area (Å²) in [6.07, 6.45) is 6.81. The van der Waals surface area contributed by atoms with Crippen molar-refractivity contribution in [3.63, 3.8) is 0 Å². The molecule has 0 fully saturated rings. The average Bonchev–Trinajstić information content (AvgIpc) is 2.84. The fourth-order valence-electron chi connectivity index (χ4n) is 2.76. The molecule has 2 aromatic rings. The lowest BCUT2D eigenvalue weighted by Crippen LogP contribution is -2.30. The molecule has 116 valence electrons. The molecule has 0 saturated carbocycles. The van der Waals surface area contributed by atoms with E-state index in [1.165, 1.54) is 10.5 Å². The zero-order valence-electron chi connectivity index (χ0n) is 12.9. The molecule has 1 aliphatic rings. The van der Waals surface area contributed by atoms with Gasteiger partial charge < -0.3 is 0 Å². The zero-order chi connectivity index (χ0) is 16.1. The third-order valence-corrected chi connectivity index (χ3v) is 3.99. The molecule has 3 rings (SSSR count). The van der Waals surface area contributed by atoms with E-state index in [0.29, 0.717) is 17.7 Å². The first kappa shape index (κ1) is 15.2. The Morgan fingerprint density at radius 2 is 1.39 bits per heavy atom. The van der Waals surface area contributed by atoms with Gasteiger partial charge in [0.25, 0.3) is 11.8 Å². The van der Waals surface area contributed by atoms with Gasteiger partial charge in [-0.3, -0.25) is 14.5 Å². The number of carbonyl (C=O) groups is 2. The van der Waals surface area contributed by atoms with Crippen LogP contribution in [0.2, 0.25) is 0 Å². The summed E-state index contributed by atoms with van der Waals surface area (Å²) < 4.78 is 0. The number of imide groups is 1. The van der Waals surface area contributed by atoms with Gasteiger partial charge in [0.1, 0.15) is 0 Å². The highest BCUT2D eigenvalue weighted by molar-refractivity contribution is 6.21. The number of benzene rings is 2. The van der Waals surface area contributed by atoms with Crippen LogP contribution < -0.4 is 0 Å².